The fourth-order valence-corrected chi connectivity index (χ4v) is 3.57. The van der Waals surface area contributed by atoms with Gasteiger partial charge in [-0.25, -0.2) is 0 Å². The van der Waals surface area contributed by atoms with Crippen molar-refractivity contribution < 1.29 is 19.6 Å². The molecule has 1 unspecified atom stereocenters. The Morgan fingerprint density at radius 2 is 1.88 bits per heavy atom. The van der Waals surface area contributed by atoms with Crippen LogP contribution in [-0.4, -0.2) is 53.0 Å². The predicted octanol–water partition coefficient (Wildman–Crippen LogP) is 2.13. The van der Waals surface area contributed by atoms with Gasteiger partial charge < -0.3 is 14.9 Å². The average molecular weight is 347 g/mol. The van der Waals surface area contributed by atoms with E-state index in [0.717, 1.165) is 25.9 Å². The maximum absolute atomic E-state index is 12.7. The predicted molar refractivity (Wildman–Crippen MR) is 90.8 cm³/mol. The Hall–Kier alpha value is -2.64. The second-order valence-corrected chi connectivity index (χ2v) is 6.58. The standard InChI is InChI=1S/C17H21N3O5/c21-16(19-9-3-4-13(11-19)17(22)23)12-5-6-14(15(10-12)20(24)25)18-7-1-2-8-18/h5-6,10,13H,1-4,7-9,11H2,(H,22,23). The quantitative estimate of drug-likeness (QED) is 0.661. The highest BCUT2D eigenvalue weighted by molar-refractivity contribution is 5.96. The lowest BCUT2D eigenvalue weighted by molar-refractivity contribution is -0.384. The number of carbonyl (C=O) groups is 2. The van der Waals surface area contributed by atoms with E-state index in [9.17, 15) is 19.7 Å². The van der Waals surface area contributed by atoms with Gasteiger partial charge in [0.2, 0.25) is 0 Å². The molecule has 0 saturated carbocycles. The molecule has 0 aliphatic carbocycles. The Morgan fingerprint density at radius 3 is 2.52 bits per heavy atom. The first kappa shape index (κ1) is 17.2. The molecule has 1 aromatic rings. The zero-order valence-electron chi connectivity index (χ0n) is 13.9. The highest BCUT2D eigenvalue weighted by Crippen LogP contribution is 2.32. The van der Waals surface area contributed by atoms with Gasteiger partial charge in [-0.1, -0.05) is 0 Å². The smallest absolute Gasteiger partial charge is 0.308 e. The van der Waals surface area contributed by atoms with Gasteiger partial charge in [-0.2, -0.15) is 0 Å². The molecular weight excluding hydrogens is 326 g/mol. The Kier molecular flexibility index (Phi) is 4.87. The maximum atomic E-state index is 12.7. The number of likely N-dealkylation sites (tertiary alicyclic amines) is 1. The third-order valence-corrected chi connectivity index (χ3v) is 4.92. The van der Waals surface area contributed by atoms with E-state index in [2.05, 4.69) is 0 Å². The second kappa shape index (κ2) is 7.08. The van der Waals surface area contributed by atoms with Gasteiger partial charge in [-0.05, 0) is 37.8 Å². The summed E-state index contributed by atoms with van der Waals surface area (Å²) in [6, 6.07) is 4.56. The molecule has 134 valence electrons. The minimum absolute atomic E-state index is 0.0699. The van der Waals surface area contributed by atoms with E-state index in [1.807, 2.05) is 4.90 Å². The first-order chi connectivity index (χ1) is 12.0. The molecule has 3 rings (SSSR count). The summed E-state index contributed by atoms with van der Waals surface area (Å²) < 4.78 is 0. The number of nitrogens with zero attached hydrogens (tertiary/aromatic N) is 3. The molecule has 0 spiro atoms. The van der Waals surface area contributed by atoms with Gasteiger partial charge in [0, 0.05) is 37.8 Å². The molecule has 0 radical (unpaired) electrons. The van der Waals surface area contributed by atoms with Crippen LogP contribution in [0.3, 0.4) is 0 Å². The summed E-state index contributed by atoms with van der Waals surface area (Å²) in [6.07, 6.45) is 3.17. The van der Waals surface area contributed by atoms with Crippen LogP contribution >= 0.6 is 0 Å². The van der Waals surface area contributed by atoms with E-state index in [0.29, 0.717) is 25.1 Å². The van der Waals surface area contributed by atoms with Crippen LogP contribution in [0.25, 0.3) is 0 Å². The van der Waals surface area contributed by atoms with Crippen molar-refractivity contribution >= 4 is 23.3 Å². The highest BCUT2D eigenvalue weighted by Gasteiger charge is 2.30. The molecule has 2 saturated heterocycles. The number of carboxylic acid groups (broad SMARTS) is 1. The summed E-state index contributed by atoms with van der Waals surface area (Å²) in [7, 11) is 0. The number of rotatable bonds is 4. The second-order valence-electron chi connectivity index (χ2n) is 6.58. The Balaban J connectivity index is 1.84. The molecule has 0 aromatic heterocycles. The number of nitro groups is 1. The molecule has 2 heterocycles. The van der Waals surface area contributed by atoms with Crippen LogP contribution in [-0.2, 0) is 4.79 Å². The molecule has 1 atom stereocenters. The van der Waals surface area contributed by atoms with E-state index in [1.165, 1.54) is 11.0 Å². The molecule has 1 N–H and O–H groups in total. The number of carboxylic acids is 1. The van der Waals surface area contributed by atoms with E-state index in [4.69, 9.17) is 5.11 Å². The van der Waals surface area contributed by atoms with Crippen LogP contribution in [0.2, 0.25) is 0 Å². The van der Waals surface area contributed by atoms with E-state index in [1.54, 1.807) is 12.1 Å². The number of amides is 1. The summed E-state index contributed by atoms with van der Waals surface area (Å²) in [5.74, 6) is -1.83. The SMILES string of the molecule is O=C(O)C1CCCN(C(=O)c2ccc(N3CCCC3)c([N+](=O)[O-])c2)C1. The fraction of sp³-hybridized carbons (Fsp3) is 0.529. The summed E-state index contributed by atoms with van der Waals surface area (Å²) in [5, 5.41) is 20.6. The zero-order chi connectivity index (χ0) is 18.0. The van der Waals surface area contributed by atoms with Gasteiger partial charge in [-0.3, -0.25) is 19.7 Å². The maximum Gasteiger partial charge on any atom is 0.308 e. The molecule has 2 aliphatic rings. The highest BCUT2D eigenvalue weighted by atomic mass is 16.6. The van der Waals surface area contributed by atoms with Crippen molar-refractivity contribution in [2.45, 2.75) is 25.7 Å². The molecule has 2 fully saturated rings. The van der Waals surface area contributed by atoms with Gasteiger partial charge in [-0.15, -0.1) is 0 Å². The molecule has 8 heteroatoms. The first-order valence-electron chi connectivity index (χ1n) is 8.53. The van der Waals surface area contributed by atoms with Crippen LogP contribution in [0, 0.1) is 16.0 Å². The minimum Gasteiger partial charge on any atom is -0.481 e. The number of nitro benzene ring substituents is 1. The number of benzene rings is 1. The Bertz CT molecular complexity index is 700. The van der Waals surface area contributed by atoms with Crippen LogP contribution in [0.15, 0.2) is 18.2 Å². The van der Waals surface area contributed by atoms with Crippen molar-refractivity contribution in [2.24, 2.45) is 5.92 Å². The summed E-state index contributed by atoms with van der Waals surface area (Å²) in [6.45, 7) is 2.18. The Labute approximate surface area is 145 Å². The lowest BCUT2D eigenvalue weighted by Gasteiger charge is -2.30. The summed E-state index contributed by atoms with van der Waals surface area (Å²) >= 11 is 0. The number of aliphatic carboxylic acids is 1. The van der Waals surface area contributed by atoms with E-state index in [-0.39, 0.29) is 23.7 Å². The number of hydrogen-bond donors (Lipinski definition) is 1. The van der Waals surface area contributed by atoms with Crippen molar-refractivity contribution in [1.29, 1.82) is 0 Å². The van der Waals surface area contributed by atoms with Gasteiger partial charge in [0.1, 0.15) is 5.69 Å². The molecule has 1 aromatic carbocycles. The topological polar surface area (TPSA) is 104 Å². The minimum atomic E-state index is -0.909. The lowest BCUT2D eigenvalue weighted by atomic mass is 9.97. The van der Waals surface area contributed by atoms with E-state index >= 15 is 0 Å². The lowest BCUT2D eigenvalue weighted by Crippen LogP contribution is -2.42. The fourth-order valence-electron chi connectivity index (χ4n) is 3.57. The van der Waals surface area contributed by atoms with Gasteiger partial charge in [0.15, 0.2) is 0 Å². The third-order valence-electron chi connectivity index (χ3n) is 4.92. The molecule has 0 bridgehead atoms. The summed E-state index contributed by atoms with van der Waals surface area (Å²) in [5.41, 5.74) is 0.710. The van der Waals surface area contributed by atoms with Crippen molar-refractivity contribution in [2.75, 3.05) is 31.1 Å². The van der Waals surface area contributed by atoms with Crippen molar-refractivity contribution in [3.05, 3.63) is 33.9 Å². The van der Waals surface area contributed by atoms with Crippen LogP contribution in [0.4, 0.5) is 11.4 Å². The normalized spacial score (nSPS) is 20.6. The van der Waals surface area contributed by atoms with E-state index < -0.39 is 16.8 Å². The van der Waals surface area contributed by atoms with Crippen molar-refractivity contribution in [3.63, 3.8) is 0 Å². The van der Waals surface area contributed by atoms with Crippen molar-refractivity contribution in [3.8, 4) is 0 Å². The largest absolute Gasteiger partial charge is 0.481 e. The van der Waals surface area contributed by atoms with Crippen molar-refractivity contribution in [1.82, 2.24) is 4.90 Å². The number of carbonyl (C=O) groups excluding carboxylic acids is 1. The molecule has 8 nitrogen and oxygen atoms in total. The van der Waals surface area contributed by atoms with Crippen LogP contribution in [0.5, 0.6) is 0 Å². The van der Waals surface area contributed by atoms with Gasteiger partial charge in [0.05, 0.1) is 10.8 Å². The number of anilines is 1. The average Bonchev–Trinajstić information content (AvgIpc) is 3.15. The van der Waals surface area contributed by atoms with Crippen LogP contribution in [0.1, 0.15) is 36.0 Å². The third kappa shape index (κ3) is 3.57. The molecule has 2 aliphatic heterocycles. The monoisotopic (exact) mass is 347 g/mol. The molecule has 25 heavy (non-hydrogen) atoms. The molecular formula is C17H21N3O5. The zero-order valence-corrected chi connectivity index (χ0v) is 13.9. The number of hydrogen-bond acceptors (Lipinski definition) is 5. The summed E-state index contributed by atoms with van der Waals surface area (Å²) in [4.78, 5) is 38.3. The van der Waals surface area contributed by atoms with Gasteiger partial charge in [0.25, 0.3) is 11.6 Å². The van der Waals surface area contributed by atoms with Gasteiger partial charge >= 0.3 is 5.97 Å². The van der Waals surface area contributed by atoms with Crippen LogP contribution < -0.4 is 4.90 Å². The first-order valence-corrected chi connectivity index (χ1v) is 8.53. The number of piperidine rings is 1. The Morgan fingerprint density at radius 1 is 1.16 bits per heavy atom. The molecule has 1 amide bonds.